The molecular formula is C24H43NO2. The van der Waals surface area contributed by atoms with Crippen LogP contribution in [-0.4, -0.2) is 37.6 Å². The van der Waals surface area contributed by atoms with Gasteiger partial charge in [-0.2, -0.15) is 0 Å². The van der Waals surface area contributed by atoms with Crippen LogP contribution in [0.5, 0.6) is 0 Å². The van der Waals surface area contributed by atoms with Crippen LogP contribution in [0.15, 0.2) is 0 Å². The van der Waals surface area contributed by atoms with Crippen LogP contribution in [0.1, 0.15) is 96.3 Å². The van der Waals surface area contributed by atoms with Gasteiger partial charge in [0.2, 0.25) is 0 Å². The molecule has 0 aromatic carbocycles. The molecule has 0 radical (unpaired) electrons. The number of rotatable bonds is 8. The highest BCUT2D eigenvalue weighted by Crippen LogP contribution is 2.32. The zero-order valence-corrected chi connectivity index (χ0v) is 17.8. The van der Waals surface area contributed by atoms with Crippen LogP contribution in [0.2, 0.25) is 0 Å². The lowest BCUT2D eigenvalue weighted by Gasteiger charge is -2.35. The lowest BCUT2D eigenvalue weighted by molar-refractivity contribution is -0.146. The maximum atomic E-state index is 11.8. The Hall–Kier alpha value is -0.570. The van der Waals surface area contributed by atoms with Gasteiger partial charge in [-0.15, -0.1) is 0 Å². The van der Waals surface area contributed by atoms with Crippen LogP contribution in [-0.2, 0) is 9.53 Å². The van der Waals surface area contributed by atoms with E-state index in [9.17, 15) is 4.79 Å². The topological polar surface area (TPSA) is 29.5 Å². The summed E-state index contributed by atoms with van der Waals surface area (Å²) in [5, 5.41) is 0. The van der Waals surface area contributed by atoms with Crippen molar-refractivity contribution in [2.75, 3.05) is 26.7 Å². The van der Waals surface area contributed by atoms with Crippen LogP contribution >= 0.6 is 0 Å². The van der Waals surface area contributed by atoms with E-state index in [4.69, 9.17) is 4.74 Å². The average molecular weight is 378 g/mol. The van der Waals surface area contributed by atoms with Gasteiger partial charge in [0, 0.05) is 13.1 Å². The van der Waals surface area contributed by atoms with E-state index in [0.29, 0.717) is 0 Å². The molecule has 3 saturated carbocycles. The molecular weight excluding hydrogens is 334 g/mol. The number of ether oxygens (including phenoxy) is 1. The molecule has 3 rings (SSSR count). The lowest BCUT2D eigenvalue weighted by atomic mass is 9.81. The molecule has 3 fully saturated rings. The minimum Gasteiger partial charge on any atom is -0.469 e. The van der Waals surface area contributed by atoms with Crippen molar-refractivity contribution in [3.8, 4) is 0 Å². The fourth-order valence-electron chi connectivity index (χ4n) is 5.95. The van der Waals surface area contributed by atoms with Crippen LogP contribution < -0.4 is 0 Å². The third kappa shape index (κ3) is 7.07. The van der Waals surface area contributed by atoms with E-state index in [0.717, 1.165) is 30.6 Å². The van der Waals surface area contributed by atoms with Crippen molar-refractivity contribution in [2.45, 2.75) is 96.3 Å². The van der Waals surface area contributed by atoms with E-state index in [1.807, 2.05) is 0 Å². The molecule has 0 aromatic heterocycles. The van der Waals surface area contributed by atoms with Gasteiger partial charge in [-0.05, 0) is 69.2 Å². The highest BCUT2D eigenvalue weighted by molar-refractivity contribution is 5.72. The van der Waals surface area contributed by atoms with Gasteiger partial charge in [0.15, 0.2) is 0 Å². The van der Waals surface area contributed by atoms with E-state index in [2.05, 4.69) is 4.90 Å². The van der Waals surface area contributed by atoms with Gasteiger partial charge in [-0.25, -0.2) is 0 Å². The molecule has 0 saturated heterocycles. The fourth-order valence-corrected chi connectivity index (χ4v) is 5.95. The van der Waals surface area contributed by atoms with E-state index < -0.39 is 0 Å². The Morgan fingerprint density at radius 2 is 1.26 bits per heavy atom. The fraction of sp³-hybridized carbons (Fsp3) is 0.958. The monoisotopic (exact) mass is 377 g/mol. The summed E-state index contributed by atoms with van der Waals surface area (Å²) in [6.07, 6.45) is 20.5. The van der Waals surface area contributed by atoms with Crippen LogP contribution in [0, 0.1) is 23.7 Å². The SMILES string of the molecule is COC(=O)C1CCC(CN(CCC2CCCCC2)CC2CCCCC2)CC1. The van der Waals surface area contributed by atoms with Gasteiger partial charge in [0.1, 0.15) is 0 Å². The maximum Gasteiger partial charge on any atom is 0.308 e. The number of carbonyl (C=O) groups excluding carboxylic acids is 1. The highest BCUT2D eigenvalue weighted by atomic mass is 16.5. The van der Waals surface area contributed by atoms with Crippen molar-refractivity contribution < 1.29 is 9.53 Å². The van der Waals surface area contributed by atoms with Gasteiger partial charge in [-0.3, -0.25) is 4.79 Å². The summed E-state index contributed by atoms with van der Waals surface area (Å²) in [5.41, 5.74) is 0. The average Bonchev–Trinajstić information content (AvgIpc) is 2.73. The summed E-state index contributed by atoms with van der Waals surface area (Å²) >= 11 is 0. The van der Waals surface area contributed by atoms with Crippen molar-refractivity contribution in [1.82, 2.24) is 4.90 Å². The Bertz CT molecular complexity index is 418. The molecule has 0 unspecified atom stereocenters. The van der Waals surface area contributed by atoms with Gasteiger partial charge in [0.05, 0.1) is 13.0 Å². The van der Waals surface area contributed by atoms with Crippen LogP contribution in [0.4, 0.5) is 0 Å². The van der Waals surface area contributed by atoms with E-state index in [-0.39, 0.29) is 11.9 Å². The number of hydrogen-bond donors (Lipinski definition) is 0. The van der Waals surface area contributed by atoms with Gasteiger partial charge in [0.25, 0.3) is 0 Å². The molecule has 156 valence electrons. The molecule has 0 bridgehead atoms. The number of nitrogens with zero attached hydrogens (tertiary/aromatic N) is 1. The molecule has 0 atom stereocenters. The first-order chi connectivity index (χ1) is 13.2. The molecule has 3 nitrogen and oxygen atoms in total. The largest absolute Gasteiger partial charge is 0.469 e. The zero-order chi connectivity index (χ0) is 18.9. The second kappa shape index (κ2) is 11.4. The van der Waals surface area contributed by atoms with Gasteiger partial charge >= 0.3 is 5.97 Å². The van der Waals surface area contributed by atoms with Crippen molar-refractivity contribution in [2.24, 2.45) is 23.7 Å². The predicted molar refractivity (Wildman–Crippen MR) is 112 cm³/mol. The van der Waals surface area contributed by atoms with Crippen molar-refractivity contribution in [3.63, 3.8) is 0 Å². The van der Waals surface area contributed by atoms with E-state index in [1.54, 1.807) is 0 Å². The van der Waals surface area contributed by atoms with Crippen LogP contribution in [0.25, 0.3) is 0 Å². The molecule has 3 aliphatic carbocycles. The minimum absolute atomic E-state index is 0.0183. The molecule has 0 aliphatic heterocycles. The highest BCUT2D eigenvalue weighted by Gasteiger charge is 2.29. The summed E-state index contributed by atoms with van der Waals surface area (Å²) in [6.45, 7) is 3.93. The second-order valence-electron chi connectivity index (χ2n) is 9.80. The molecule has 0 N–H and O–H groups in total. The normalized spacial score (nSPS) is 28.4. The molecule has 3 aliphatic rings. The molecule has 0 amide bonds. The van der Waals surface area contributed by atoms with Crippen LogP contribution in [0.3, 0.4) is 0 Å². The van der Waals surface area contributed by atoms with Crippen molar-refractivity contribution in [3.05, 3.63) is 0 Å². The summed E-state index contributed by atoms with van der Waals surface area (Å²) < 4.78 is 4.96. The first kappa shape index (κ1) is 21.1. The van der Waals surface area contributed by atoms with Crippen molar-refractivity contribution in [1.29, 1.82) is 0 Å². The van der Waals surface area contributed by atoms with E-state index >= 15 is 0 Å². The Morgan fingerprint density at radius 3 is 1.81 bits per heavy atom. The third-order valence-electron chi connectivity index (χ3n) is 7.72. The molecule has 27 heavy (non-hydrogen) atoms. The molecule has 0 heterocycles. The van der Waals surface area contributed by atoms with Crippen molar-refractivity contribution >= 4 is 5.97 Å². The Kier molecular flexibility index (Phi) is 8.96. The van der Waals surface area contributed by atoms with E-state index in [1.165, 1.54) is 110 Å². The second-order valence-corrected chi connectivity index (χ2v) is 9.80. The first-order valence-corrected chi connectivity index (χ1v) is 12.0. The minimum atomic E-state index is 0.0183. The molecule has 0 spiro atoms. The quantitative estimate of drug-likeness (QED) is 0.499. The first-order valence-electron chi connectivity index (χ1n) is 12.0. The molecule has 3 heteroatoms. The zero-order valence-electron chi connectivity index (χ0n) is 17.8. The Balaban J connectivity index is 1.47. The summed E-state index contributed by atoms with van der Waals surface area (Å²) in [5.74, 6) is 2.91. The standard InChI is InChI=1S/C24H43NO2/c1-27-24(26)23-14-12-22(13-15-23)19-25(18-21-10-6-3-7-11-21)17-16-20-8-4-2-5-9-20/h20-23H,2-19H2,1H3. The van der Waals surface area contributed by atoms with Gasteiger partial charge < -0.3 is 9.64 Å². The Labute approximate surface area is 167 Å². The summed E-state index contributed by atoms with van der Waals surface area (Å²) in [7, 11) is 1.53. The third-order valence-corrected chi connectivity index (χ3v) is 7.72. The van der Waals surface area contributed by atoms with Gasteiger partial charge in [-0.1, -0.05) is 51.4 Å². The maximum absolute atomic E-state index is 11.8. The smallest absolute Gasteiger partial charge is 0.308 e. The lowest BCUT2D eigenvalue weighted by Crippen LogP contribution is -2.37. The number of methoxy groups -OCH3 is 1. The number of esters is 1. The molecule has 0 aromatic rings. The number of hydrogen-bond acceptors (Lipinski definition) is 3. The number of carbonyl (C=O) groups is 1. The summed E-state index contributed by atoms with van der Waals surface area (Å²) in [4.78, 5) is 14.6. The summed E-state index contributed by atoms with van der Waals surface area (Å²) in [6, 6.07) is 0. The Morgan fingerprint density at radius 1 is 0.741 bits per heavy atom. The predicted octanol–water partition coefficient (Wildman–Crippen LogP) is 5.82.